The first-order valence-corrected chi connectivity index (χ1v) is 5.82. The zero-order valence-electron chi connectivity index (χ0n) is 9.87. The van der Waals surface area contributed by atoms with Crippen molar-refractivity contribution >= 4 is 0 Å². The Hall–Kier alpha value is -1.06. The second kappa shape index (κ2) is 4.85. The average molecular weight is 222 g/mol. The molecule has 1 heterocycles. The molecule has 0 radical (unpaired) electrons. The van der Waals surface area contributed by atoms with Crippen LogP contribution in [-0.4, -0.2) is 26.9 Å². The van der Waals surface area contributed by atoms with Crippen molar-refractivity contribution in [3.8, 4) is 5.75 Å². The number of quaternary nitrogens is 1. The molecule has 3 heteroatoms. The van der Waals surface area contributed by atoms with Crippen molar-refractivity contribution in [3.05, 3.63) is 29.8 Å². The lowest BCUT2D eigenvalue weighted by Crippen LogP contribution is -2.61. The van der Waals surface area contributed by atoms with Gasteiger partial charge in [-0.25, -0.2) is 0 Å². The number of methoxy groups -OCH3 is 1. The minimum Gasteiger partial charge on any atom is -0.497 e. The molecule has 0 spiro atoms. The quantitative estimate of drug-likeness (QED) is 0.829. The van der Waals surface area contributed by atoms with Crippen LogP contribution in [0.4, 0.5) is 0 Å². The summed E-state index contributed by atoms with van der Waals surface area (Å²) < 4.78 is 10.6. The van der Waals surface area contributed by atoms with Gasteiger partial charge in [0.25, 0.3) is 0 Å². The molecule has 1 aromatic carbocycles. The molecule has 1 aliphatic heterocycles. The second-order valence-corrected chi connectivity index (χ2v) is 4.37. The van der Waals surface area contributed by atoms with E-state index in [0.29, 0.717) is 0 Å². The van der Waals surface area contributed by atoms with Crippen LogP contribution in [0.1, 0.15) is 18.4 Å². The zero-order valence-corrected chi connectivity index (χ0v) is 9.87. The summed E-state index contributed by atoms with van der Waals surface area (Å²) in [6.45, 7) is 2.63. The molecular weight excluding hydrogens is 202 g/mol. The summed E-state index contributed by atoms with van der Waals surface area (Å²) in [6, 6.07) is 8.38. The van der Waals surface area contributed by atoms with E-state index in [4.69, 9.17) is 9.47 Å². The van der Waals surface area contributed by atoms with Gasteiger partial charge in [-0.1, -0.05) is 12.1 Å². The van der Waals surface area contributed by atoms with E-state index in [0.717, 1.165) is 38.3 Å². The Bertz CT molecular complexity index is 328. The molecule has 0 aliphatic carbocycles. The van der Waals surface area contributed by atoms with Crippen LogP contribution in [0.2, 0.25) is 0 Å². The van der Waals surface area contributed by atoms with Crippen LogP contribution in [-0.2, 0) is 10.2 Å². The van der Waals surface area contributed by atoms with Crippen LogP contribution in [0.25, 0.3) is 0 Å². The van der Waals surface area contributed by atoms with Gasteiger partial charge in [0, 0.05) is 18.6 Å². The first kappa shape index (κ1) is 11.4. The summed E-state index contributed by atoms with van der Waals surface area (Å²) in [7, 11) is 1.70. The number of hydrogen-bond acceptors (Lipinski definition) is 2. The SMILES string of the molecule is COc1ccc(C2(C[NH3+])CCOCC2)cc1. The summed E-state index contributed by atoms with van der Waals surface area (Å²) in [5, 5.41) is 0. The Morgan fingerprint density at radius 2 is 1.88 bits per heavy atom. The summed E-state index contributed by atoms with van der Waals surface area (Å²) in [4.78, 5) is 0. The molecule has 88 valence electrons. The first-order valence-electron chi connectivity index (χ1n) is 5.82. The van der Waals surface area contributed by atoms with Crippen LogP contribution in [0, 0.1) is 0 Å². The molecule has 1 aliphatic rings. The first-order chi connectivity index (χ1) is 7.80. The van der Waals surface area contributed by atoms with E-state index in [1.165, 1.54) is 5.56 Å². The van der Waals surface area contributed by atoms with E-state index < -0.39 is 0 Å². The van der Waals surface area contributed by atoms with Gasteiger partial charge in [-0.05, 0) is 30.5 Å². The van der Waals surface area contributed by atoms with E-state index >= 15 is 0 Å². The van der Waals surface area contributed by atoms with Crippen molar-refractivity contribution in [1.82, 2.24) is 0 Å². The molecule has 3 N–H and O–H groups in total. The Labute approximate surface area is 96.5 Å². The van der Waals surface area contributed by atoms with Crippen LogP contribution in [0.3, 0.4) is 0 Å². The Balaban J connectivity index is 2.24. The van der Waals surface area contributed by atoms with E-state index in [9.17, 15) is 0 Å². The largest absolute Gasteiger partial charge is 0.497 e. The monoisotopic (exact) mass is 222 g/mol. The van der Waals surface area contributed by atoms with Crippen molar-refractivity contribution in [2.24, 2.45) is 0 Å². The lowest BCUT2D eigenvalue weighted by atomic mass is 9.74. The molecule has 0 atom stereocenters. The molecule has 1 saturated heterocycles. The van der Waals surface area contributed by atoms with Gasteiger partial charge in [-0.2, -0.15) is 0 Å². The van der Waals surface area contributed by atoms with Crippen LogP contribution >= 0.6 is 0 Å². The molecule has 0 aromatic heterocycles. The molecule has 0 unspecified atom stereocenters. The normalized spacial score (nSPS) is 19.4. The predicted molar refractivity (Wildman–Crippen MR) is 62.5 cm³/mol. The fourth-order valence-electron chi connectivity index (χ4n) is 2.39. The maximum absolute atomic E-state index is 5.44. The van der Waals surface area contributed by atoms with Crippen molar-refractivity contribution in [3.63, 3.8) is 0 Å². The van der Waals surface area contributed by atoms with E-state index in [1.807, 2.05) is 12.1 Å². The molecular formula is C13H20NO2+. The maximum atomic E-state index is 5.44. The van der Waals surface area contributed by atoms with Gasteiger partial charge < -0.3 is 15.2 Å². The Morgan fingerprint density at radius 1 is 1.25 bits per heavy atom. The smallest absolute Gasteiger partial charge is 0.118 e. The van der Waals surface area contributed by atoms with Crippen LogP contribution in [0.15, 0.2) is 24.3 Å². The summed E-state index contributed by atoms with van der Waals surface area (Å²) >= 11 is 0. The van der Waals surface area contributed by atoms with Gasteiger partial charge in [0.15, 0.2) is 0 Å². The van der Waals surface area contributed by atoms with Crippen LogP contribution in [0.5, 0.6) is 5.75 Å². The zero-order chi connectivity index (χ0) is 11.4. The average Bonchev–Trinajstić information content (AvgIpc) is 2.39. The topological polar surface area (TPSA) is 46.1 Å². The van der Waals surface area contributed by atoms with Gasteiger partial charge in [0.05, 0.1) is 13.7 Å². The van der Waals surface area contributed by atoms with Crippen molar-refractivity contribution in [2.45, 2.75) is 18.3 Å². The van der Waals surface area contributed by atoms with Crippen LogP contribution < -0.4 is 10.5 Å². The highest BCUT2D eigenvalue weighted by Gasteiger charge is 2.34. The number of benzene rings is 1. The van der Waals surface area contributed by atoms with E-state index in [1.54, 1.807) is 7.11 Å². The molecule has 0 saturated carbocycles. The molecule has 0 amide bonds. The fourth-order valence-corrected chi connectivity index (χ4v) is 2.39. The summed E-state index contributed by atoms with van der Waals surface area (Å²) in [5.74, 6) is 0.912. The van der Waals surface area contributed by atoms with Gasteiger partial charge >= 0.3 is 0 Å². The van der Waals surface area contributed by atoms with Gasteiger partial charge in [-0.15, -0.1) is 0 Å². The van der Waals surface area contributed by atoms with E-state index in [2.05, 4.69) is 17.9 Å². The molecule has 1 fully saturated rings. The lowest BCUT2D eigenvalue weighted by molar-refractivity contribution is -0.386. The minimum atomic E-state index is 0.213. The number of rotatable bonds is 3. The number of ether oxygens (including phenoxy) is 2. The third-order valence-corrected chi connectivity index (χ3v) is 3.63. The van der Waals surface area contributed by atoms with Gasteiger partial charge in [0.1, 0.15) is 5.75 Å². The van der Waals surface area contributed by atoms with E-state index in [-0.39, 0.29) is 5.41 Å². The molecule has 16 heavy (non-hydrogen) atoms. The Kier molecular flexibility index (Phi) is 3.46. The lowest BCUT2D eigenvalue weighted by Gasteiger charge is -2.34. The van der Waals surface area contributed by atoms with Crippen molar-refractivity contribution in [2.75, 3.05) is 26.9 Å². The summed E-state index contributed by atoms with van der Waals surface area (Å²) in [5.41, 5.74) is 5.69. The molecule has 0 bridgehead atoms. The highest BCUT2D eigenvalue weighted by atomic mass is 16.5. The number of hydrogen-bond donors (Lipinski definition) is 1. The highest BCUT2D eigenvalue weighted by Crippen LogP contribution is 2.34. The molecule has 3 nitrogen and oxygen atoms in total. The maximum Gasteiger partial charge on any atom is 0.118 e. The third-order valence-electron chi connectivity index (χ3n) is 3.63. The highest BCUT2D eigenvalue weighted by molar-refractivity contribution is 5.32. The molecule has 2 rings (SSSR count). The Morgan fingerprint density at radius 3 is 2.38 bits per heavy atom. The second-order valence-electron chi connectivity index (χ2n) is 4.37. The standard InChI is InChI=1S/C13H19NO2/c1-15-12-4-2-11(3-5-12)13(10-14)6-8-16-9-7-13/h2-5H,6-10,14H2,1H3/p+1. The van der Waals surface area contributed by atoms with Crippen molar-refractivity contribution in [1.29, 1.82) is 0 Å². The molecule has 1 aromatic rings. The van der Waals surface area contributed by atoms with Crippen molar-refractivity contribution < 1.29 is 15.2 Å². The van der Waals surface area contributed by atoms with Gasteiger partial charge in [0.2, 0.25) is 0 Å². The minimum absolute atomic E-state index is 0.213. The van der Waals surface area contributed by atoms with Gasteiger partial charge in [-0.3, -0.25) is 0 Å². The predicted octanol–water partition coefficient (Wildman–Crippen LogP) is 0.985. The fraction of sp³-hybridized carbons (Fsp3) is 0.538. The summed E-state index contributed by atoms with van der Waals surface area (Å²) in [6.07, 6.45) is 2.14. The third kappa shape index (κ3) is 2.06.